The highest BCUT2D eigenvalue weighted by Crippen LogP contribution is 2.48. The summed E-state index contributed by atoms with van der Waals surface area (Å²) < 4.78 is 0. The van der Waals surface area contributed by atoms with Crippen molar-refractivity contribution in [1.29, 1.82) is 5.26 Å². The van der Waals surface area contributed by atoms with E-state index in [0.29, 0.717) is 18.4 Å². The number of nitrogens with zero attached hydrogens (tertiary/aromatic N) is 1. The second-order valence-electron chi connectivity index (χ2n) is 4.55. The lowest BCUT2D eigenvalue weighted by Gasteiger charge is -2.08. The maximum atomic E-state index is 12.4. The van der Waals surface area contributed by atoms with Crippen LogP contribution in [0.3, 0.4) is 0 Å². The Bertz CT molecular complexity index is 642. The third-order valence-corrected chi connectivity index (χ3v) is 3.43. The Kier molecular flexibility index (Phi) is 2.02. The molecule has 3 rings (SSSR count). The summed E-state index contributed by atoms with van der Waals surface area (Å²) in [6.45, 7) is 0. The lowest BCUT2D eigenvalue weighted by molar-refractivity contribution is 0.0936. The Hall–Kier alpha value is -2.14. The zero-order chi connectivity index (χ0) is 11.9. The molecule has 0 N–H and O–H groups in total. The molecule has 0 atom stereocenters. The molecule has 17 heavy (non-hydrogen) atoms. The van der Waals surface area contributed by atoms with Crippen LogP contribution in [0.1, 0.15) is 23.2 Å². The zero-order valence-corrected chi connectivity index (χ0v) is 9.31. The SMILES string of the molecule is N#CC1(C(=O)c2cccc3ccccc23)CC1. The molecule has 0 bridgehead atoms. The number of carbonyl (C=O) groups excluding carboxylic acids is 1. The van der Waals surface area contributed by atoms with Gasteiger partial charge in [0.15, 0.2) is 5.78 Å². The number of benzene rings is 2. The minimum absolute atomic E-state index is 0.0169. The average Bonchev–Trinajstić information content (AvgIpc) is 3.18. The minimum Gasteiger partial charge on any atom is -0.292 e. The molecule has 0 aromatic heterocycles. The number of ketones is 1. The van der Waals surface area contributed by atoms with Gasteiger partial charge in [-0.2, -0.15) is 5.26 Å². The summed E-state index contributed by atoms with van der Waals surface area (Å²) >= 11 is 0. The van der Waals surface area contributed by atoms with E-state index in [2.05, 4.69) is 6.07 Å². The van der Waals surface area contributed by atoms with E-state index >= 15 is 0 Å². The maximum absolute atomic E-state index is 12.4. The van der Waals surface area contributed by atoms with Crippen molar-refractivity contribution in [1.82, 2.24) is 0 Å². The van der Waals surface area contributed by atoms with Gasteiger partial charge in [0.05, 0.1) is 6.07 Å². The van der Waals surface area contributed by atoms with E-state index < -0.39 is 5.41 Å². The third kappa shape index (κ3) is 1.43. The van der Waals surface area contributed by atoms with Crippen LogP contribution < -0.4 is 0 Å². The molecule has 0 spiro atoms. The normalized spacial score (nSPS) is 16.4. The summed E-state index contributed by atoms with van der Waals surface area (Å²) in [5.41, 5.74) is -0.0495. The first-order valence-electron chi connectivity index (χ1n) is 5.71. The maximum Gasteiger partial charge on any atom is 0.183 e. The molecule has 1 aliphatic rings. The molecular formula is C15H11NO. The number of rotatable bonds is 2. The second kappa shape index (κ2) is 3.43. The van der Waals surface area contributed by atoms with Crippen molar-refractivity contribution in [2.75, 3.05) is 0 Å². The Morgan fingerprint density at radius 2 is 1.82 bits per heavy atom. The lowest BCUT2D eigenvalue weighted by Crippen LogP contribution is -2.14. The Morgan fingerprint density at radius 3 is 2.53 bits per heavy atom. The van der Waals surface area contributed by atoms with Gasteiger partial charge >= 0.3 is 0 Å². The summed E-state index contributed by atoms with van der Waals surface area (Å²) in [5.74, 6) is -0.0169. The molecule has 2 nitrogen and oxygen atoms in total. The zero-order valence-electron chi connectivity index (χ0n) is 9.31. The fourth-order valence-corrected chi connectivity index (χ4v) is 2.20. The fraction of sp³-hybridized carbons (Fsp3) is 0.200. The summed E-state index contributed by atoms with van der Waals surface area (Å²) in [5, 5.41) is 11.1. The predicted molar refractivity (Wildman–Crippen MR) is 65.6 cm³/mol. The van der Waals surface area contributed by atoms with Gasteiger partial charge in [0.1, 0.15) is 5.41 Å². The largest absolute Gasteiger partial charge is 0.292 e. The van der Waals surface area contributed by atoms with Crippen LogP contribution in [0.4, 0.5) is 0 Å². The van der Waals surface area contributed by atoms with Crippen molar-refractivity contribution in [3.63, 3.8) is 0 Å². The number of fused-ring (bicyclic) bond motifs is 1. The van der Waals surface area contributed by atoms with E-state index in [4.69, 9.17) is 5.26 Å². The van der Waals surface area contributed by atoms with Crippen LogP contribution in [0, 0.1) is 16.7 Å². The van der Waals surface area contributed by atoms with E-state index in [-0.39, 0.29) is 5.78 Å². The van der Waals surface area contributed by atoms with Crippen molar-refractivity contribution in [3.05, 3.63) is 48.0 Å². The Morgan fingerprint density at radius 1 is 1.12 bits per heavy atom. The molecule has 82 valence electrons. The standard InChI is InChI=1S/C15H11NO/c16-10-15(8-9-15)14(17)13-7-3-5-11-4-1-2-6-12(11)13/h1-7H,8-9H2. The van der Waals surface area contributed by atoms with Crippen LogP contribution in [0.5, 0.6) is 0 Å². The van der Waals surface area contributed by atoms with Gasteiger partial charge in [-0.1, -0.05) is 42.5 Å². The highest BCUT2D eigenvalue weighted by molar-refractivity contribution is 6.12. The Labute approximate surface area is 99.5 Å². The molecule has 1 aliphatic carbocycles. The van der Waals surface area contributed by atoms with Gasteiger partial charge < -0.3 is 0 Å². The fourth-order valence-electron chi connectivity index (χ4n) is 2.20. The van der Waals surface area contributed by atoms with E-state index in [1.54, 1.807) is 0 Å². The lowest BCUT2D eigenvalue weighted by atomic mass is 9.92. The van der Waals surface area contributed by atoms with E-state index in [9.17, 15) is 4.79 Å². The topological polar surface area (TPSA) is 40.9 Å². The van der Waals surface area contributed by atoms with Crippen molar-refractivity contribution < 1.29 is 4.79 Å². The molecule has 1 fully saturated rings. The van der Waals surface area contributed by atoms with Crippen LogP contribution in [0.25, 0.3) is 10.8 Å². The van der Waals surface area contributed by atoms with Gasteiger partial charge in [0.2, 0.25) is 0 Å². The predicted octanol–water partition coefficient (Wildman–Crippen LogP) is 3.33. The number of carbonyl (C=O) groups is 1. The molecule has 0 unspecified atom stereocenters. The number of hydrogen-bond acceptors (Lipinski definition) is 2. The molecular weight excluding hydrogens is 210 g/mol. The highest BCUT2D eigenvalue weighted by atomic mass is 16.1. The molecule has 0 aliphatic heterocycles. The summed E-state index contributed by atoms with van der Waals surface area (Å²) in [4.78, 5) is 12.4. The van der Waals surface area contributed by atoms with Gasteiger partial charge in [-0.05, 0) is 23.6 Å². The first-order chi connectivity index (χ1) is 8.27. The van der Waals surface area contributed by atoms with Crippen molar-refractivity contribution in [3.8, 4) is 6.07 Å². The van der Waals surface area contributed by atoms with E-state index in [1.165, 1.54) is 0 Å². The van der Waals surface area contributed by atoms with E-state index in [1.807, 2.05) is 42.5 Å². The Balaban J connectivity index is 2.19. The molecule has 2 aromatic carbocycles. The summed E-state index contributed by atoms with van der Waals surface area (Å²) in [6, 6.07) is 15.6. The van der Waals surface area contributed by atoms with Gasteiger partial charge in [-0.15, -0.1) is 0 Å². The monoisotopic (exact) mass is 221 g/mol. The molecule has 0 amide bonds. The van der Waals surface area contributed by atoms with Crippen LogP contribution in [0.2, 0.25) is 0 Å². The van der Waals surface area contributed by atoms with Crippen LogP contribution in [-0.2, 0) is 0 Å². The first kappa shape index (κ1) is 10.0. The van der Waals surface area contributed by atoms with Gasteiger partial charge in [0, 0.05) is 5.56 Å². The molecule has 2 heteroatoms. The number of nitriles is 1. The minimum atomic E-state index is -0.732. The van der Waals surface area contributed by atoms with Crippen LogP contribution in [-0.4, -0.2) is 5.78 Å². The van der Waals surface area contributed by atoms with Crippen molar-refractivity contribution in [2.24, 2.45) is 5.41 Å². The van der Waals surface area contributed by atoms with Gasteiger partial charge in [0.25, 0.3) is 0 Å². The third-order valence-electron chi connectivity index (χ3n) is 3.43. The van der Waals surface area contributed by atoms with Gasteiger partial charge in [-0.25, -0.2) is 0 Å². The van der Waals surface area contributed by atoms with Crippen LogP contribution >= 0.6 is 0 Å². The molecule has 0 heterocycles. The number of hydrogen-bond donors (Lipinski definition) is 0. The summed E-state index contributed by atoms with van der Waals surface area (Å²) in [7, 11) is 0. The quantitative estimate of drug-likeness (QED) is 0.730. The molecule has 0 radical (unpaired) electrons. The van der Waals surface area contributed by atoms with Crippen molar-refractivity contribution >= 4 is 16.6 Å². The van der Waals surface area contributed by atoms with Crippen LogP contribution in [0.15, 0.2) is 42.5 Å². The van der Waals surface area contributed by atoms with E-state index in [0.717, 1.165) is 10.8 Å². The number of Topliss-reactive ketones (excluding diaryl/α,β-unsaturated/α-hetero) is 1. The smallest absolute Gasteiger partial charge is 0.183 e. The second-order valence-corrected chi connectivity index (χ2v) is 4.55. The highest BCUT2D eigenvalue weighted by Gasteiger charge is 2.50. The average molecular weight is 221 g/mol. The van der Waals surface area contributed by atoms with Crippen molar-refractivity contribution in [2.45, 2.75) is 12.8 Å². The molecule has 2 aromatic rings. The molecule has 1 saturated carbocycles. The molecule has 0 saturated heterocycles. The van der Waals surface area contributed by atoms with Gasteiger partial charge in [-0.3, -0.25) is 4.79 Å². The summed E-state index contributed by atoms with van der Waals surface area (Å²) in [6.07, 6.45) is 1.40. The first-order valence-corrected chi connectivity index (χ1v) is 5.71.